The van der Waals surface area contributed by atoms with E-state index in [1.807, 2.05) is 4.90 Å². The molecular weight excluding hydrogens is 670 g/mol. The van der Waals surface area contributed by atoms with E-state index >= 15 is 0 Å². The molecule has 1 saturated carbocycles. The third-order valence-corrected chi connectivity index (χ3v) is 9.44. The number of halogens is 7. The number of H-pyrrole nitrogens is 2. The number of hydrogen-bond donors (Lipinski definition) is 4. The lowest BCUT2D eigenvalue weighted by Crippen LogP contribution is -2.52. The van der Waals surface area contributed by atoms with Crippen LogP contribution in [0.2, 0.25) is 5.02 Å². The first-order valence-corrected chi connectivity index (χ1v) is 15.7. The van der Waals surface area contributed by atoms with Crippen molar-refractivity contribution in [2.24, 2.45) is 17.8 Å². The Bertz CT molecular complexity index is 1660. The van der Waals surface area contributed by atoms with Gasteiger partial charge < -0.3 is 25.4 Å². The SMILES string of the molecule is O=C(NCc1ccc(C(=O)N2CCN(C(=O)C3CCNCC3)CC2)c(Cl)c1)c1ncc(-c2c[nH]nc2C2C(C(F)(F)F)C2C(F)(F)F)[nH]1. The van der Waals surface area contributed by atoms with E-state index in [0.717, 1.165) is 38.3 Å². The van der Waals surface area contributed by atoms with E-state index < -0.39 is 41.7 Å². The topological polar surface area (TPSA) is 139 Å². The average molecular weight is 701 g/mol. The molecule has 3 amide bonds. The highest BCUT2D eigenvalue weighted by Gasteiger charge is 2.75. The molecule has 2 atom stereocenters. The van der Waals surface area contributed by atoms with E-state index in [9.17, 15) is 40.7 Å². The van der Waals surface area contributed by atoms with Gasteiger partial charge in [0.15, 0.2) is 5.82 Å². The summed E-state index contributed by atoms with van der Waals surface area (Å²) in [6.45, 7) is 3.24. The molecule has 11 nitrogen and oxygen atoms in total. The Morgan fingerprint density at radius 3 is 2.23 bits per heavy atom. The molecule has 0 bridgehead atoms. The van der Waals surface area contributed by atoms with Gasteiger partial charge in [0.1, 0.15) is 0 Å². The highest BCUT2D eigenvalue weighted by Crippen LogP contribution is 2.67. The molecule has 3 aliphatic rings. The van der Waals surface area contributed by atoms with Gasteiger partial charge in [-0.3, -0.25) is 19.5 Å². The summed E-state index contributed by atoms with van der Waals surface area (Å²) in [4.78, 5) is 48.8. The van der Waals surface area contributed by atoms with Gasteiger partial charge >= 0.3 is 12.4 Å². The predicted octanol–water partition coefficient (Wildman–Crippen LogP) is 4.12. The molecule has 0 radical (unpaired) electrons. The molecule has 2 saturated heterocycles. The Morgan fingerprint density at radius 2 is 1.60 bits per heavy atom. The maximum atomic E-state index is 13.3. The van der Waals surface area contributed by atoms with Crippen molar-refractivity contribution in [2.75, 3.05) is 39.3 Å². The van der Waals surface area contributed by atoms with E-state index in [-0.39, 0.29) is 51.9 Å². The molecule has 6 rings (SSSR count). The maximum absolute atomic E-state index is 13.3. The number of hydrogen-bond acceptors (Lipinski definition) is 6. The molecular formula is C30H31ClF6N8O3. The van der Waals surface area contributed by atoms with Gasteiger partial charge in [0.05, 0.1) is 40.0 Å². The summed E-state index contributed by atoms with van der Waals surface area (Å²) in [6.07, 6.45) is -6.27. The van der Waals surface area contributed by atoms with Crippen LogP contribution >= 0.6 is 11.6 Å². The van der Waals surface area contributed by atoms with Crippen molar-refractivity contribution < 1.29 is 40.7 Å². The summed E-state index contributed by atoms with van der Waals surface area (Å²) in [5, 5.41) is 12.0. The summed E-state index contributed by atoms with van der Waals surface area (Å²) in [6, 6.07) is 4.69. The number of piperazine rings is 1. The van der Waals surface area contributed by atoms with Gasteiger partial charge in [-0.15, -0.1) is 0 Å². The van der Waals surface area contributed by atoms with Crippen LogP contribution in [0.5, 0.6) is 0 Å². The van der Waals surface area contributed by atoms with E-state index in [0.29, 0.717) is 31.7 Å². The molecule has 0 spiro atoms. The summed E-state index contributed by atoms with van der Waals surface area (Å²) < 4.78 is 80.1. The van der Waals surface area contributed by atoms with Gasteiger partial charge in [0.2, 0.25) is 5.91 Å². The minimum atomic E-state index is -5.07. The number of alkyl halides is 6. The standard InChI is InChI=1S/C30H31ClF6N8O3/c31-19-11-15(1-2-17(19)28(48)45-9-7-44(8-10-45)27(47)16-3-5-38-6-4-16)12-40-26(46)25-39-14-20(42-25)18-13-41-43-24(18)21-22(29(32,33)34)23(21)30(35,36)37/h1-2,11,13-14,16,21-23,38H,3-10,12H2,(H,39,42)(H,40,46)(H,41,43). The summed E-state index contributed by atoms with van der Waals surface area (Å²) in [5.74, 6) is -8.25. The quantitative estimate of drug-likeness (QED) is 0.274. The van der Waals surface area contributed by atoms with Crippen molar-refractivity contribution in [2.45, 2.75) is 37.7 Å². The molecule has 4 N–H and O–H groups in total. The largest absolute Gasteiger partial charge is 0.393 e. The summed E-state index contributed by atoms with van der Waals surface area (Å²) in [5.41, 5.74) is 0.352. The van der Waals surface area contributed by atoms with Crippen molar-refractivity contribution >= 4 is 29.3 Å². The molecule has 48 heavy (non-hydrogen) atoms. The van der Waals surface area contributed by atoms with Gasteiger partial charge in [0, 0.05) is 56.3 Å². The number of imidazole rings is 1. The number of nitrogens with one attached hydrogen (secondary N) is 4. The number of amides is 3. The van der Waals surface area contributed by atoms with Crippen LogP contribution < -0.4 is 10.6 Å². The van der Waals surface area contributed by atoms with Gasteiger partial charge in [-0.1, -0.05) is 17.7 Å². The van der Waals surface area contributed by atoms with Crippen LogP contribution in [0.1, 0.15) is 51.0 Å². The fourth-order valence-corrected chi connectivity index (χ4v) is 6.83. The number of nitrogens with zero attached hydrogens (tertiary/aromatic N) is 4. The predicted molar refractivity (Wildman–Crippen MR) is 159 cm³/mol. The Hall–Kier alpha value is -4.12. The average Bonchev–Trinajstić information content (AvgIpc) is 3.37. The van der Waals surface area contributed by atoms with Crippen LogP contribution in [0.4, 0.5) is 26.3 Å². The number of benzene rings is 1. The van der Waals surface area contributed by atoms with Crippen LogP contribution in [0.25, 0.3) is 11.3 Å². The number of carbonyl (C=O) groups excluding carboxylic acids is 3. The van der Waals surface area contributed by atoms with Crippen LogP contribution in [-0.4, -0.2) is 99.3 Å². The Morgan fingerprint density at radius 1 is 0.958 bits per heavy atom. The van der Waals surface area contributed by atoms with E-state index in [2.05, 4.69) is 30.8 Å². The van der Waals surface area contributed by atoms with Gasteiger partial charge in [-0.2, -0.15) is 31.4 Å². The third-order valence-electron chi connectivity index (χ3n) is 9.13. The monoisotopic (exact) mass is 700 g/mol. The lowest BCUT2D eigenvalue weighted by molar-refractivity contribution is -0.191. The second-order valence-corrected chi connectivity index (χ2v) is 12.5. The number of rotatable bonds is 7. The molecule has 2 aliphatic heterocycles. The fraction of sp³-hybridized carbons (Fsp3) is 0.500. The summed E-state index contributed by atoms with van der Waals surface area (Å²) >= 11 is 6.44. The molecule has 4 heterocycles. The second kappa shape index (κ2) is 13.1. The lowest BCUT2D eigenvalue weighted by Gasteiger charge is -2.37. The summed E-state index contributed by atoms with van der Waals surface area (Å²) in [7, 11) is 0. The number of aromatic amines is 2. The number of piperidine rings is 1. The highest BCUT2D eigenvalue weighted by molar-refractivity contribution is 6.33. The molecule has 1 aromatic carbocycles. The molecule has 3 fully saturated rings. The Kier molecular flexibility index (Phi) is 9.19. The van der Waals surface area contributed by atoms with E-state index in [1.165, 1.54) is 6.07 Å². The van der Waals surface area contributed by atoms with Gasteiger partial charge in [-0.05, 0) is 43.6 Å². The first-order valence-electron chi connectivity index (χ1n) is 15.3. The van der Waals surface area contributed by atoms with Gasteiger partial charge in [0.25, 0.3) is 11.8 Å². The van der Waals surface area contributed by atoms with E-state index in [1.54, 1.807) is 17.0 Å². The van der Waals surface area contributed by atoms with Crippen molar-refractivity contribution in [3.63, 3.8) is 0 Å². The minimum absolute atomic E-state index is 0.00645. The minimum Gasteiger partial charge on any atom is -0.345 e. The van der Waals surface area contributed by atoms with Crippen molar-refractivity contribution in [3.05, 3.63) is 58.3 Å². The Balaban J connectivity index is 1.04. The Labute approximate surface area is 274 Å². The molecule has 2 aromatic heterocycles. The van der Waals surface area contributed by atoms with Crippen molar-refractivity contribution in [1.82, 2.24) is 40.6 Å². The van der Waals surface area contributed by atoms with Crippen molar-refractivity contribution in [3.8, 4) is 11.3 Å². The van der Waals surface area contributed by atoms with E-state index in [4.69, 9.17) is 11.6 Å². The van der Waals surface area contributed by atoms with Crippen LogP contribution in [0, 0.1) is 17.8 Å². The smallest absolute Gasteiger partial charge is 0.345 e. The zero-order valence-electron chi connectivity index (χ0n) is 25.2. The molecule has 2 unspecified atom stereocenters. The molecule has 258 valence electrons. The zero-order chi connectivity index (χ0) is 34.4. The first kappa shape index (κ1) is 33.8. The molecule has 1 aliphatic carbocycles. The highest BCUT2D eigenvalue weighted by atomic mass is 35.5. The number of aromatic nitrogens is 4. The maximum Gasteiger partial charge on any atom is 0.393 e. The normalized spacial score (nSPS) is 22.1. The van der Waals surface area contributed by atoms with Crippen LogP contribution in [-0.2, 0) is 11.3 Å². The van der Waals surface area contributed by atoms with Crippen LogP contribution in [0.15, 0.2) is 30.6 Å². The molecule has 3 aromatic rings. The van der Waals surface area contributed by atoms with Crippen molar-refractivity contribution in [1.29, 1.82) is 0 Å². The second-order valence-electron chi connectivity index (χ2n) is 12.1. The zero-order valence-corrected chi connectivity index (χ0v) is 26.0. The lowest BCUT2D eigenvalue weighted by atomic mass is 9.96. The number of carbonyl (C=O) groups is 3. The molecule has 18 heteroatoms. The fourth-order valence-electron chi connectivity index (χ4n) is 6.54. The van der Waals surface area contributed by atoms with Gasteiger partial charge in [-0.25, -0.2) is 4.98 Å². The first-order chi connectivity index (χ1) is 22.7. The third kappa shape index (κ3) is 6.88. The van der Waals surface area contributed by atoms with Crippen LogP contribution in [0.3, 0.4) is 0 Å².